The monoisotopic (exact) mass is 505 g/mol. The molecule has 0 N–H and O–H groups in total. The number of hydrogen-bond acceptors (Lipinski definition) is 1. The minimum atomic E-state index is 0.294. The molecular weight excluding hydrogens is 483 g/mol. The van der Waals surface area contributed by atoms with Crippen LogP contribution >= 0.6 is 23.2 Å². The second kappa shape index (κ2) is 7.36. The molecule has 6 aromatic rings. The lowest BCUT2D eigenvalue weighted by atomic mass is 9.93. The fourth-order valence-electron chi connectivity index (χ4n) is 6.44. The fourth-order valence-corrected chi connectivity index (χ4v) is 7.13. The summed E-state index contributed by atoms with van der Waals surface area (Å²) in [5.74, 6) is 0. The molecule has 2 aliphatic heterocycles. The predicted molar refractivity (Wildman–Crippen MR) is 151 cm³/mol. The Morgan fingerprint density at radius 3 is 1.97 bits per heavy atom. The zero-order chi connectivity index (χ0) is 24.0. The van der Waals surface area contributed by atoms with Gasteiger partial charge in [-0.05, 0) is 78.5 Å². The van der Waals surface area contributed by atoms with Crippen LogP contribution < -0.4 is 0 Å². The second-order valence-corrected chi connectivity index (χ2v) is 11.1. The van der Waals surface area contributed by atoms with Crippen molar-refractivity contribution in [1.82, 2.24) is 4.90 Å². The van der Waals surface area contributed by atoms with Gasteiger partial charge < -0.3 is 0 Å². The average Bonchev–Trinajstić information content (AvgIpc) is 3.59. The van der Waals surface area contributed by atoms with E-state index in [1.807, 2.05) is 0 Å². The summed E-state index contributed by atoms with van der Waals surface area (Å²) >= 11 is 13.8. The molecule has 0 radical (unpaired) electrons. The predicted octanol–water partition coefficient (Wildman–Crippen LogP) is 8.51. The van der Waals surface area contributed by atoms with Gasteiger partial charge in [-0.2, -0.15) is 0 Å². The highest BCUT2D eigenvalue weighted by molar-refractivity contribution is 6.38. The third-order valence-electron chi connectivity index (χ3n) is 8.25. The van der Waals surface area contributed by atoms with Crippen LogP contribution in [0.25, 0.3) is 43.1 Å². The Morgan fingerprint density at radius 1 is 0.639 bits per heavy atom. The van der Waals surface area contributed by atoms with E-state index in [2.05, 4.69) is 102 Å². The zero-order valence-corrected chi connectivity index (χ0v) is 21.1. The van der Waals surface area contributed by atoms with E-state index >= 15 is 0 Å². The number of halogens is 2. The van der Waals surface area contributed by atoms with Crippen molar-refractivity contribution < 1.29 is 4.48 Å². The van der Waals surface area contributed by atoms with Gasteiger partial charge in [-0.15, -0.1) is 0 Å². The Hall–Kier alpha value is -3.30. The van der Waals surface area contributed by atoms with E-state index in [-0.39, 0.29) is 0 Å². The first-order valence-corrected chi connectivity index (χ1v) is 13.2. The quantitative estimate of drug-likeness (QED) is 0.100. The number of hydrogen-bond donors (Lipinski definition) is 0. The molecule has 6 aromatic carbocycles. The van der Waals surface area contributed by atoms with Crippen molar-refractivity contribution in [3.63, 3.8) is 0 Å². The summed E-state index contributed by atoms with van der Waals surface area (Å²) in [4.78, 5) is 2.29. The smallest absolute Gasteiger partial charge is 0.239 e. The number of quaternary nitrogens is 1. The zero-order valence-electron chi connectivity index (χ0n) is 19.6. The van der Waals surface area contributed by atoms with Gasteiger partial charge >= 0.3 is 0 Å². The van der Waals surface area contributed by atoms with E-state index in [4.69, 9.17) is 23.2 Å². The summed E-state index contributed by atoms with van der Waals surface area (Å²) < 4.78 is 0.724. The van der Waals surface area contributed by atoms with Crippen molar-refractivity contribution in [3.8, 4) is 0 Å². The van der Waals surface area contributed by atoms with Crippen LogP contribution in [0.5, 0.6) is 0 Å². The fraction of sp³-hybridized carbons (Fsp3) is 0.125. The number of nitrogens with zero attached hydrogens (tertiary/aromatic N) is 2. The molecule has 2 nitrogen and oxygen atoms in total. The molecule has 4 heteroatoms. The van der Waals surface area contributed by atoms with Crippen LogP contribution in [0, 0.1) is 0 Å². The Bertz CT molecular complexity index is 1810. The summed E-state index contributed by atoms with van der Waals surface area (Å²) in [6.45, 7) is 2.61. The molecule has 2 atom stereocenters. The molecule has 174 valence electrons. The first kappa shape index (κ1) is 20.8. The molecule has 2 aliphatic rings. The summed E-state index contributed by atoms with van der Waals surface area (Å²) in [7, 11) is 0. The van der Waals surface area contributed by atoms with Crippen LogP contribution in [0.1, 0.15) is 11.1 Å². The minimum Gasteiger partial charge on any atom is -0.298 e. The van der Waals surface area contributed by atoms with Gasteiger partial charge in [0.05, 0.1) is 0 Å². The van der Waals surface area contributed by atoms with Crippen molar-refractivity contribution in [2.75, 3.05) is 6.54 Å². The second-order valence-electron chi connectivity index (χ2n) is 10.4. The van der Waals surface area contributed by atoms with Crippen molar-refractivity contribution in [3.05, 3.63) is 119 Å². The molecule has 0 saturated carbocycles. The molecule has 1 fully saturated rings. The summed E-state index contributed by atoms with van der Waals surface area (Å²) in [6, 6.07) is 35.4. The lowest BCUT2D eigenvalue weighted by Gasteiger charge is -2.18. The summed E-state index contributed by atoms with van der Waals surface area (Å²) in [6.07, 6.45) is 0.294. The maximum atomic E-state index is 6.96. The van der Waals surface area contributed by atoms with Crippen LogP contribution in [-0.2, 0) is 13.1 Å². The highest BCUT2D eigenvalue weighted by Crippen LogP contribution is 2.53. The van der Waals surface area contributed by atoms with Gasteiger partial charge in [0.2, 0.25) is 11.3 Å². The highest BCUT2D eigenvalue weighted by atomic mass is 35.5. The topological polar surface area (TPSA) is 3.24 Å². The van der Waals surface area contributed by atoms with Crippen LogP contribution in [-0.4, -0.2) is 22.1 Å². The van der Waals surface area contributed by atoms with E-state index in [0.717, 1.165) is 29.3 Å². The Morgan fingerprint density at radius 2 is 1.22 bits per heavy atom. The molecular formula is C32H23Cl2N2+. The SMILES string of the molecule is ClC1=C(Cl)[N+]2(Cc3cc4ccc5cccc6ccc(c3)c4c56)CC2N1Cc1ccc2ccccc2c1. The summed E-state index contributed by atoms with van der Waals surface area (Å²) in [5.41, 5.74) is 2.56. The normalized spacial score (nSPS) is 21.4. The van der Waals surface area contributed by atoms with Gasteiger partial charge in [0.25, 0.3) is 0 Å². The number of benzene rings is 6. The van der Waals surface area contributed by atoms with Gasteiger partial charge in [-0.25, -0.2) is 4.48 Å². The van der Waals surface area contributed by atoms with Crippen molar-refractivity contribution >= 4 is 66.3 Å². The molecule has 2 unspecified atom stereocenters. The van der Waals surface area contributed by atoms with Crippen LogP contribution in [0.15, 0.2) is 107 Å². The maximum absolute atomic E-state index is 6.96. The van der Waals surface area contributed by atoms with Gasteiger partial charge in [0.1, 0.15) is 6.54 Å². The Kier molecular flexibility index (Phi) is 4.26. The first-order valence-electron chi connectivity index (χ1n) is 12.4. The molecule has 0 aliphatic carbocycles. The molecule has 1 saturated heterocycles. The minimum absolute atomic E-state index is 0.294. The number of fused-ring (bicyclic) bond motifs is 2. The van der Waals surface area contributed by atoms with Gasteiger partial charge in [-0.1, -0.05) is 90.5 Å². The lowest BCUT2D eigenvalue weighted by molar-refractivity contribution is -0.780. The largest absolute Gasteiger partial charge is 0.298 e. The van der Waals surface area contributed by atoms with E-state index in [1.165, 1.54) is 54.2 Å². The maximum Gasteiger partial charge on any atom is 0.239 e. The van der Waals surface area contributed by atoms with E-state index in [9.17, 15) is 0 Å². The van der Waals surface area contributed by atoms with Crippen LogP contribution in [0.3, 0.4) is 0 Å². The third-order valence-corrected chi connectivity index (χ3v) is 9.26. The molecule has 36 heavy (non-hydrogen) atoms. The standard InChI is InChI=1S/C32H23Cl2N2/c33-31-32(34)36(19-28(36)35(31)17-20-8-9-22-4-1-2-5-25(22)14-20)18-21-15-26-12-10-23-6-3-7-24-11-13-27(16-21)30(26)29(23)24/h1-16,28H,17-19H2/q+1. The van der Waals surface area contributed by atoms with E-state index in [0.29, 0.717) is 11.3 Å². The Balaban J connectivity index is 1.14. The molecule has 0 aromatic heterocycles. The van der Waals surface area contributed by atoms with Crippen molar-refractivity contribution in [1.29, 1.82) is 0 Å². The molecule has 0 bridgehead atoms. The molecule has 8 rings (SSSR count). The molecule has 0 spiro atoms. The number of rotatable bonds is 4. The van der Waals surface area contributed by atoms with E-state index in [1.54, 1.807) is 0 Å². The van der Waals surface area contributed by atoms with Gasteiger partial charge in [0.15, 0.2) is 11.7 Å². The average molecular weight is 506 g/mol. The first-order chi connectivity index (χ1) is 17.6. The van der Waals surface area contributed by atoms with E-state index < -0.39 is 0 Å². The van der Waals surface area contributed by atoms with Crippen LogP contribution in [0.4, 0.5) is 0 Å². The third kappa shape index (κ3) is 2.90. The molecule has 2 heterocycles. The highest BCUT2D eigenvalue weighted by Gasteiger charge is 2.67. The van der Waals surface area contributed by atoms with Gasteiger partial charge in [0, 0.05) is 12.1 Å². The summed E-state index contributed by atoms with van der Waals surface area (Å²) in [5, 5.41) is 11.9. The van der Waals surface area contributed by atoms with Crippen LogP contribution in [0.2, 0.25) is 0 Å². The van der Waals surface area contributed by atoms with Crippen molar-refractivity contribution in [2.24, 2.45) is 0 Å². The molecule has 0 amide bonds. The lowest BCUT2D eigenvalue weighted by Crippen LogP contribution is -2.27. The Labute approximate surface area is 219 Å². The van der Waals surface area contributed by atoms with Crippen molar-refractivity contribution in [2.45, 2.75) is 19.3 Å². The van der Waals surface area contributed by atoms with Gasteiger partial charge in [-0.3, -0.25) is 4.90 Å².